The first-order valence-electron chi connectivity index (χ1n) is 5.83. The zero-order valence-electron chi connectivity index (χ0n) is 10.4. The fraction of sp³-hybridized carbons (Fsp3) is 0.462. The first kappa shape index (κ1) is 14.0. The summed E-state index contributed by atoms with van der Waals surface area (Å²) in [6, 6.07) is 7.60. The predicted octanol–water partition coefficient (Wildman–Crippen LogP) is 2.30. The third-order valence-corrected chi connectivity index (χ3v) is 2.93. The van der Waals surface area contributed by atoms with Gasteiger partial charge in [0.05, 0.1) is 0 Å². The van der Waals surface area contributed by atoms with Crippen LogP contribution in [0.15, 0.2) is 24.3 Å². The molecule has 0 spiro atoms. The number of hydrogen-bond acceptors (Lipinski definition) is 2. The lowest BCUT2D eigenvalue weighted by molar-refractivity contribution is -0.130. The molecule has 0 saturated heterocycles. The molecule has 0 atom stereocenters. The Kier molecular flexibility index (Phi) is 6.01. The number of nitrogens with one attached hydrogen (secondary N) is 1. The van der Waals surface area contributed by atoms with E-state index in [9.17, 15) is 4.79 Å². The van der Waals surface area contributed by atoms with E-state index in [2.05, 4.69) is 5.32 Å². The summed E-state index contributed by atoms with van der Waals surface area (Å²) in [5.74, 6) is 0.130. The monoisotopic (exact) mass is 254 g/mol. The maximum absolute atomic E-state index is 11.8. The van der Waals surface area contributed by atoms with Crippen LogP contribution in [-0.2, 0) is 11.3 Å². The normalized spacial score (nSPS) is 10.3. The van der Waals surface area contributed by atoms with E-state index in [4.69, 9.17) is 11.6 Å². The van der Waals surface area contributed by atoms with Gasteiger partial charge in [-0.2, -0.15) is 0 Å². The molecule has 0 radical (unpaired) electrons. The van der Waals surface area contributed by atoms with Crippen molar-refractivity contribution < 1.29 is 4.79 Å². The summed E-state index contributed by atoms with van der Waals surface area (Å²) < 4.78 is 0. The van der Waals surface area contributed by atoms with Gasteiger partial charge in [-0.15, -0.1) is 0 Å². The molecule has 1 N–H and O–H groups in total. The van der Waals surface area contributed by atoms with E-state index in [0.29, 0.717) is 18.0 Å². The van der Waals surface area contributed by atoms with Crippen LogP contribution in [0.2, 0.25) is 5.02 Å². The minimum Gasteiger partial charge on any atom is -0.341 e. The van der Waals surface area contributed by atoms with Crippen molar-refractivity contribution >= 4 is 17.5 Å². The van der Waals surface area contributed by atoms with E-state index in [-0.39, 0.29) is 5.91 Å². The summed E-state index contributed by atoms with van der Waals surface area (Å²) in [6.07, 6.45) is 0.523. The Morgan fingerprint density at radius 2 is 2.12 bits per heavy atom. The minimum atomic E-state index is 0.130. The molecular weight excluding hydrogens is 236 g/mol. The first-order chi connectivity index (χ1) is 8.15. The number of nitrogens with zero attached hydrogens (tertiary/aromatic N) is 1. The largest absolute Gasteiger partial charge is 0.341 e. The molecule has 0 heterocycles. The van der Waals surface area contributed by atoms with E-state index in [1.165, 1.54) is 0 Å². The third kappa shape index (κ3) is 4.75. The lowest BCUT2D eigenvalue weighted by atomic mass is 10.2. The second kappa shape index (κ2) is 7.30. The molecule has 0 aromatic heterocycles. The summed E-state index contributed by atoms with van der Waals surface area (Å²) in [6.45, 7) is 4.20. The van der Waals surface area contributed by atoms with Gasteiger partial charge in [0, 0.05) is 31.6 Å². The van der Waals surface area contributed by atoms with Gasteiger partial charge in [0.15, 0.2) is 0 Å². The highest BCUT2D eigenvalue weighted by Gasteiger charge is 2.09. The second-order valence-corrected chi connectivity index (χ2v) is 4.35. The number of benzene rings is 1. The number of amides is 1. The highest BCUT2D eigenvalue weighted by atomic mass is 35.5. The van der Waals surface area contributed by atoms with E-state index in [0.717, 1.165) is 18.7 Å². The van der Waals surface area contributed by atoms with Crippen LogP contribution in [0.3, 0.4) is 0 Å². The summed E-state index contributed by atoms with van der Waals surface area (Å²) in [4.78, 5) is 13.5. The summed E-state index contributed by atoms with van der Waals surface area (Å²) in [5, 5.41) is 3.84. The molecule has 1 aromatic rings. The SMILES string of the molecule is CCNCCC(=O)N(C)Cc1ccccc1Cl. The van der Waals surface area contributed by atoms with Gasteiger partial charge in [-0.25, -0.2) is 0 Å². The summed E-state index contributed by atoms with van der Waals surface area (Å²) in [7, 11) is 1.80. The standard InChI is InChI=1S/C13H19ClN2O/c1-3-15-9-8-13(17)16(2)10-11-6-4-5-7-12(11)14/h4-7,15H,3,8-10H2,1-2H3. The number of hydrogen-bond donors (Lipinski definition) is 1. The molecule has 0 bridgehead atoms. The third-order valence-electron chi connectivity index (χ3n) is 2.56. The van der Waals surface area contributed by atoms with E-state index >= 15 is 0 Å². The Morgan fingerprint density at radius 1 is 1.41 bits per heavy atom. The van der Waals surface area contributed by atoms with Crippen LogP contribution in [0, 0.1) is 0 Å². The molecule has 0 fully saturated rings. The van der Waals surface area contributed by atoms with Gasteiger partial charge in [-0.1, -0.05) is 36.7 Å². The van der Waals surface area contributed by atoms with Crippen molar-refractivity contribution in [1.29, 1.82) is 0 Å². The van der Waals surface area contributed by atoms with Crippen molar-refractivity contribution in [3.8, 4) is 0 Å². The topological polar surface area (TPSA) is 32.3 Å². The molecule has 0 unspecified atom stereocenters. The molecular formula is C13H19ClN2O. The lowest BCUT2D eigenvalue weighted by Crippen LogP contribution is -2.29. The zero-order chi connectivity index (χ0) is 12.7. The Hall–Kier alpha value is -1.06. The lowest BCUT2D eigenvalue weighted by Gasteiger charge is -2.18. The van der Waals surface area contributed by atoms with Crippen molar-refractivity contribution in [3.05, 3.63) is 34.9 Å². The van der Waals surface area contributed by atoms with Crippen molar-refractivity contribution in [1.82, 2.24) is 10.2 Å². The predicted molar refractivity (Wildman–Crippen MR) is 71.1 cm³/mol. The molecule has 0 aliphatic heterocycles. The average molecular weight is 255 g/mol. The average Bonchev–Trinajstić information content (AvgIpc) is 2.32. The van der Waals surface area contributed by atoms with E-state index in [1.54, 1.807) is 11.9 Å². The van der Waals surface area contributed by atoms with Gasteiger partial charge < -0.3 is 10.2 Å². The maximum Gasteiger partial charge on any atom is 0.223 e. The van der Waals surface area contributed by atoms with E-state index < -0.39 is 0 Å². The maximum atomic E-state index is 11.8. The van der Waals surface area contributed by atoms with Gasteiger partial charge in [-0.3, -0.25) is 4.79 Å². The molecule has 0 aliphatic carbocycles. The summed E-state index contributed by atoms with van der Waals surface area (Å²) in [5.41, 5.74) is 0.980. The first-order valence-corrected chi connectivity index (χ1v) is 6.21. The van der Waals surface area contributed by atoms with Gasteiger partial charge in [0.1, 0.15) is 0 Å². The molecule has 0 aliphatic rings. The molecule has 1 aromatic carbocycles. The molecule has 4 heteroatoms. The molecule has 3 nitrogen and oxygen atoms in total. The summed E-state index contributed by atoms with van der Waals surface area (Å²) >= 11 is 6.05. The van der Waals surface area contributed by atoms with Gasteiger partial charge in [-0.05, 0) is 18.2 Å². The smallest absolute Gasteiger partial charge is 0.223 e. The second-order valence-electron chi connectivity index (χ2n) is 3.94. The van der Waals surface area contributed by atoms with Crippen LogP contribution < -0.4 is 5.32 Å². The molecule has 94 valence electrons. The Balaban J connectivity index is 2.46. The van der Waals surface area contributed by atoms with E-state index in [1.807, 2.05) is 31.2 Å². The van der Waals surface area contributed by atoms with Crippen LogP contribution in [0.1, 0.15) is 18.9 Å². The quantitative estimate of drug-likeness (QED) is 0.790. The van der Waals surface area contributed by atoms with Gasteiger partial charge in [0.2, 0.25) is 5.91 Å². The highest BCUT2D eigenvalue weighted by Crippen LogP contribution is 2.16. The van der Waals surface area contributed by atoms with Crippen LogP contribution in [-0.4, -0.2) is 30.9 Å². The van der Waals surface area contributed by atoms with Crippen LogP contribution in [0.5, 0.6) is 0 Å². The Bertz CT molecular complexity index is 368. The van der Waals surface area contributed by atoms with Crippen molar-refractivity contribution in [2.24, 2.45) is 0 Å². The van der Waals surface area contributed by atoms with Crippen molar-refractivity contribution in [3.63, 3.8) is 0 Å². The fourth-order valence-corrected chi connectivity index (χ4v) is 1.73. The zero-order valence-corrected chi connectivity index (χ0v) is 11.1. The van der Waals surface area contributed by atoms with Gasteiger partial charge >= 0.3 is 0 Å². The molecule has 0 saturated carbocycles. The van der Waals surface area contributed by atoms with Crippen molar-refractivity contribution in [2.75, 3.05) is 20.1 Å². The molecule has 1 rings (SSSR count). The molecule has 17 heavy (non-hydrogen) atoms. The number of halogens is 1. The number of rotatable bonds is 6. The van der Waals surface area contributed by atoms with Crippen LogP contribution in [0.25, 0.3) is 0 Å². The Labute approximate surface area is 108 Å². The van der Waals surface area contributed by atoms with Gasteiger partial charge in [0.25, 0.3) is 0 Å². The number of carbonyl (C=O) groups is 1. The van der Waals surface area contributed by atoms with Crippen molar-refractivity contribution in [2.45, 2.75) is 19.9 Å². The molecule has 1 amide bonds. The number of carbonyl (C=O) groups excluding carboxylic acids is 1. The fourth-order valence-electron chi connectivity index (χ4n) is 1.53. The minimum absolute atomic E-state index is 0.130. The highest BCUT2D eigenvalue weighted by molar-refractivity contribution is 6.31. The van der Waals surface area contributed by atoms with Crippen LogP contribution in [0.4, 0.5) is 0 Å². The van der Waals surface area contributed by atoms with Crippen LogP contribution >= 0.6 is 11.6 Å². The Morgan fingerprint density at radius 3 is 2.76 bits per heavy atom.